The van der Waals surface area contributed by atoms with Crippen LogP contribution in [0, 0.1) is 23.1 Å². The van der Waals surface area contributed by atoms with Crippen LogP contribution in [0.1, 0.15) is 60.5 Å². The van der Waals surface area contributed by atoms with Crippen LogP contribution in [-0.2, 0) is 4.79 Å². The van der Waals surface area contributed by atoms with Gasteiger partial charge in [-0.3, -0.25) is 9.59 Å². The Balaban J connectivity index is 1.31. The molecule has 2 aromatic carbocycles. The maximum atomic E-state index is 13.2. The highest BCUT2D eigenvalue weighted by Gasteiger charge is 2.42. The number of rotatable bonds is 10. The number of nitrogens with zero attached hydrogens (tertiary/aromatic N) is 2. The fraction of sp³-hybridized carbons (Fsp3) is 0.464. The standard InChI is InChI=1S/C28H33FN4O3/c1-28(2,36)21-16-33(17-21)27(35)24(32-26(34)20-7-5-18(15-30)6-8-20)4-3-13-31-25-14-23(25)19-9-11-22(29)12-10-19/h5-12,21,23-25,31,36H,3-4,13-14,16-17H2,1-2H3,(H,32,34)/t23-,24?,25+/m0/s1. The fourth-order valence-electron chi connectivity index (χ4n) is 4.61. The highest BCUT2D eigenvalue weighted by Crippen LogP contribution is 2.40. The molecule has 3 atom stereocenters. The molecule has 190 valence electrons. The van der Waals surface area contributed by atoms with E-state index in [0.717, 1.165) is 12.0 Å². The lowest BCUT2D eigenvalue weighted by molar-refractivity contribution is -0.146. The van der Waals surface area contributed by atoms with Crippen molar-refractivity contribution in [2.75, 3.05) is 19.6 Å². The molecule has 0 aromatic heterocycles. The van der Waals surface area contributed by atoms with Crippen LogP contribution >= 0.6 is 0 Å². The zero-order valence-corrected chi connectivity index (χ0v) is 20.7. The van der Waals surface area contributed by atoms with E-state index >= 15 is 0 Å². The van der Waals surface area contributed by atoms with E-state index in [1.165, 1.54) is 12.1 Å². The molecular weight excluding hydrogens is 459 g/mol. The molecule has 1 aliphatic heterocycles. The van der Waals surface area contributed by atoms with Crippen molar-refractivity contribution in [1.29, 1.82) is 5.26 Å². The summed E-state index contributed by atoms with van der Waals surface area (Å²) in [4.78, 5) is 27.7. The van der Waals surface area contributed by atoms with E-state index in [1.54, 1.807) is 43.0 Å². The van der Waals surface area contributed by atoms with Crippen LogP contribution in [0.5, 0.6) is 0 Å². The number of nitriles is 1. The van der Waals surface area contributed by atoms with Gasteiger partial charge in [0, 0.05) is 36.5 Å². The van der Waals surface area contributed by atoms with Gasteiger partial charge in [0.05, 0.1) is 17.2 Å². The van der Waals surface area contributed by atoms with Gasteiger partial charge in [-0.2, -0.15) is 5.26 Å². The fourth-order valence-corrected chi connectivity index (χ4v) is 4.61. The first-order valence-electron chi connectivity index (χ1n) is 12.5. The molecule has 0 bridgehead atoms. The molecule has 2 aliphatic rings. The molecule has 2 amide bonds. The molecule has 4 rings (SSSR count). The van der Waals surface area contributed by atoms with Crippen LogP contribution in [0.2, 0.25) is 0 Å². The van der Waals surface area contributed by atoms with Gasteiger partial charge in [-0.1, -0.05) is 12.1 Å². The summed E-state index contributed by atoms with van der Waals surface area (Å²) >= 11 is 0. The van der Waals surface area contributed by atoms with Crippen LogP contribution in [0.3, 0.4) is 0 Å². The van der Waals surface area contributed by atoms with Crippen molar-refractivity contribution in [2.24, 2.45) is 5.92 Å². The summed E-state index contributed by atoms with van der Waals surface area (Å²) in [6.45, 7) is 5.11. The van der Waals surface area contributed by atoms with Gasteiger partial charge in [0.25, 0.3) is 5.91 Å². The van der Waals surface area contributed by atoms with Crippen molar-refractivity contribution >= 4 is 11.8 Å². The van der Waals surface area contributed by atoms with Crippen LogP contribution < -0.4 is 10.6 Å². The average molecular weight is 493 g/mol. The molecule has 1 aliphatic carbocycles. The topological polar surface area (TPSA) is 105 Å². The van der Waals surface area contributed by atoms with Gasteiger partial charge in [-0.25, -0.2) is 4.39 Å². The second-order valence-corrected chi connectivity index (χ2v) is 10.4. The van der Waals surface area contributed by atoms with Gasteiger partial charge in [-0.05, 0) is 81.6 Å². The summed E-state index contributed by atoms with van der Waals surface area (Å²) in [5.41, 5.74) is 1.12. The number of hydrogen-bond donors (Lipinski definition) is 3. The molecule has 8 heteroatoms. The minimum atomic E-state index is -0.854. The largest absolute Gasteiger partial charge is 0.390 e. The molecular formula is C28H33FN4O3. The van der Waals surface area contributed by atoms with Gasteiger partial charge in [0.1, 0.15) is 11.9 Å². The Morgan fingerprint density at radius 3 is 2.44 bits per heavy atom. The van der Waals surface area contributed by atoms with Crippen LogP contribution in [0.4, 0.5) is 4.39 Å². The summed E-state index contributed by atoms with van der Waals surface area (Å²) in [6, 6.07) is 14.6. The molecule has 1 unspecified atom stereocenters. The molecule has 1 saturated carbocycles. The second-order valence-electron chi connectivity index (χ2n) is 10.4. The zero-order valence-electron chi connectivity index (χ0n) is 20.7. The number of aliphatic hydroxyl groups is 1. The SMILES string of the molecule is CC(C)(O)C1CN(C(=O)C(CCCN[C@@H]2C[C@H]2c2ccc(F)cc2)NC(=O)c2ccc(C#N)cc2)C1. The molecule has 2 aromatic rings. The third kappa shape index (κ3) is 6.28. The van der Waals surface area contributed by atoms with Crippen molar-refractivity contribution in [1.82, 2.24) is 15.5 Å². The molecule has 2 fully saturated rings. The highest BCUT2D eigenvalue weighted by molar-refractivity contribution is 5.97. The Labute approximate surface area is 211 Å². The van der Waals surface area contributed by atoms with Gasteiger partial charge in [-0.15, -0.1) is 0 Å². The molecule has 0 spiro atoms. The van der Waals surface area contributed by atoms with E-state index in [1.807, 2.05) is 18.2 Å². The maximum Gasteiger partial charge on any atom is 0.251 e. The smallest absolute Gasteiger partial charge is 0.251 e. The molecule has 36 heavy (non-hydrogen) atoms. The van der Waals surface area contributed by atoms with Crippen molar-refractivity contribution in [3.8, 4) is 6.07 Å². The second kappa shape index (κ2) is 10.8. The van der Waals surface area contributed by atoms with E-state index in [2.05, 4.69) is 10.6 Å². The van der Waals surface area contributed by atoms with E-state index < -0.39 is 11.6 Å². The lowest BCUT2D eigenvalue weighted by Crippen LogP contribution is -2.61. The predicted molar refractivity (Wildman–Crippen MR) is 134 cm³/mol. The molecule has 0 radical (unpaired) electrons. The number of likely N-dealkylation sites (tertiary alicyclic amines) is 1. The summed E-state index contributed by atoms with van der Waals surface area (Å²) in [7, 11) is 0. The van der Waals surface area contributed by atoms with Crippen molar-refractivity contribution in [3.63, 3.8) is 0 Å². The van der Waals surface area contributed by atoms with Gasteiger partial charge < -0.3 is 20.6 Å². The Morgan fingerprint density at radius 1 is 1.17 bits per heavy atom. The number of nitrogens with one attached hydrogen (secondary N) is 2. The lowest BCUT2D eigenvalue weighted by atomic mass is 9.84. The predicted octanol–water partition coefficient (Wildman–Crippen LogP) is 2.95. The number of carbonyl (C=O) groups excluding carboxylic acids is 2. The summed E-state index contributed by atoms with van der Waals surface area (Å²) in [5.74, 6) is -0.356. The third-order valence-electron chi connectivity index (χ3n) is 7.24. The lowest BCUT2D eigenvalue weighted by Gasteiger charge is -2.46. The van der Waals surface area contributed by atoms with E-state index in [-0.39, 0.29) is 23.5 Å². The van der Waals surface area contributed by atoms with Crippen molar-refractivity contribution in [2.45, 2.75) is 56.7 Å². The Morgan fingerprint density at radius 2 is 1.83 bits per heavy atom. The first-order chi connectivity index (χ1) is 17.2. The Hall–Kier alpha value is -3.28. The maximum absolute atomic E-state index is 13.2. The number of hydrogen-bond acceptors (Lipinski definition) is 5. The van der Waals surface area contributed by atoms with Crippen molar-refractivity contribution in [3.05, 3.63) is 71.0 Å². The number of benzene rings is 2. The Kier molecular flexibility index (Phi) is 7.72. The zero-order chi connectivity index (χ0) is 25.9. The van der Waals surface area contributed by atoms with Crippen LogP contribution in [0.15, 0.2) is 48.5 Å². The molecule has 1 heterocycles. The molecule has 7 nitrogen and oxygen atoms in total. The number of carbonyl (C=O) groups is 2. The third-order valence-corrected chi connectivity index (χ3v) is 7.24. The quantitative estimate of drug-likeness (QED) is 0.443. The molecule has 3 N–H and O–H groups in total. The number of halogens is 1. The summed E-state index contributed by atoms with van der Waals surface area (Å²) in [5, 5.41) is 25.6. The van der Waals surface area contributed by atoms with Crippen molar-refractivity contribution < 1.29 is 19.1 Å². The van der Waals surface area contributed by atoms with E-state index in [4.69, 9.17) is 5.26 Å². The van der Waals surface area contributed by atoms with E-state index in [9.17, 15) is 19.1 Å². The van der Waals surface area contributed by atoms with Gasteiger partial charge in [0.2, 0.25) is 5.91 Å². The van der Waals surface area contributed by atoms with Gasteiger partial charge in [0.15, 0.2) is 0 Å². The van der Waals surface area contributed by atoms with E-state index in [0.29, 0.717) is 55.6 Å². The minimum absolute atomic E-state index is 0.0104. The van der Waals surface area contributed by atoms with Crippen LogP contribution in [-0.4, -0.2) is 59.1 Å². The van der Waals surface area contributed by atoms with Gasteiger partial charge >= 0.3 is 0 Å². The van der Waals surface area contributed by atoms with Crippen LogP contribution in [0.25, 0.3) is 0 Å². The monoisotopic (exact) mass is 492 g/mol. The minimum Gasteiger partial charge on any atom is -0.390 e. The summed E-state index contributed by atoms with van der Waals surface area (Å²) < 4.78 is 13.2. The number of amides is 2. The normalized spacial score (nSPS) is 20.2. The first kappa shape index (κ1) is 25.8. The average Bonchev–Trinajstić information content (AvgIpc) is 3.59. The Bertz CT molecular complexity index is 1120. The summed E-state index contributed by atoms with van der Waals surface area (Å²) in [6.07, 6.45) is 2.17. The first-order valence-corrected chi connectivity index (χ1v) is 12.5. The molecule has 1 saturated heterocycles. The highest BCUT2D eigenvalue weighted by atomic mass is 19.1.